The smallest absolute Gasteiger partial charge is 0.153 e. The number of nitrogens with zero attached hydrogens (tertiary/aromatic N) is 1. The second-order valence-electron chi connectivity index (χ2n) is 4.04. The Morgan fingerprint density at radius 3 is 3.06 bits per heavy atom. The van der Waals surface area contributed by atoms with Gasteiger partial charge in [-0.15, -0.1) is 11.3 Å². The number of rotatable bonds is 1. The van der Waals surface area contributed by atoms with Gasteiger partial charge in [-0.25, -0.2) is 4.98 Å². The standard InChI is InChI=1S/C12H9BrClNO2S/c13-6-1-2-9-7(3-6)8(16)4-10(17-9)12-15-5-11(14)18-12/h1-3,5,8,10,16H,4H2. The van der Waals surface area contributed by atoms with Crippen molar-refractivity contribution in [2.45, 2.75) is 18.6 Å². The zero-order valence-electron chi connectivity index (χ0n) is 9.14. The summed E-state index contributed by atoms with van der Waals surface area (Å²) >= 11 is 10.6. The number of fused-ring (bicyclic) bond motifs is 1. The van der Waals surface area contributed by atoms with Crippen molar-refractivity contribution in [3.8, 4) is 5.75 Å². The number of aliphatic hydroxyl groups excluding tert-OH is 1. The average Bonchev–Trinajstić information content (AvgIpc) is 2.77. The summed E-state index contributed by atoms with van der Waals surface area (Å²) in [6.07, 6.45) is 1.33. The Morgan fingerprint density at radius 1 is 1.50 bits per heavy atom. The summed E-state index contributed by atoms with van der Waals surface area (Å²) in [7, 11) is 0. The minimum atomic E-state index is -0.543. The van der Waals surface area contributed by atoms with E-state index in [9.17, 15) is 5.11 Å². The Kier molecular flexibility index (Phi) is 3.32. The van der Waals surface area contributed by atoms with Gasteiger partial charge in [0.05, 0.1) is 12.3 Å². The highest BCUT2D eigenvalue weighted by atomic mass is 79.9. The molecule has 0 bridgehead atoms. The zero-order chi connectivity index (χ0) is 12.7. The maximum absolute atomic E-state index is 10.2. The lowest BCUT2D eigenvalue weighted by Crippen LogP contribution is -2.18. The Morgan fingerprint density at radius 2 is 2.33 bits per heavy atom. The lowest BCUT2D eigenvalue weighted by molar-refractivity contribution is 0.0655. The lowest BCUT2D eigenvalue weighted by Gasteiger charge is -2.28. The molecule has 1 aromatic carbocycles. The van der Waals surface area contributed by atoms with E-state index in [1.54, 1.807) is 6.20 Å². The third-order valence-corrected chi connectivity index (χ3v) is 4.51. The predicted octanol–water partition coefficient (Wildman–Crippen LogP) is 4.12. The molecule has 2 unspecified atom stereocenters. The van der Waals surface area contributed by atoms with Gasteiger partial charge in [-0.1, -0.05) is 27.5 Å². The van der Waals surface area contributed by atoms with Crippen LogP contribution < -0.4 is 4.74 Å². The Bertz CT molecular complexity index is 589. The fourth-order valence-electron chi connectivity index (χ4n) is 1.99. The number of thiazole rings is 1. The van der Waals surface area contributed by atoms with Gasteiger partial charge >= 0.3 is 0 Å². The predicted molar refractivity (Wildman–Crippen MR) is 74.2 cm³/mol. The SMILES string of the molecule is OC1CC(c2ncc(Cl)s2)Oc2ccc(Br)cc21. The molecule has 2 aromatic rings. The van der Waals surface area contributed by atoms with Crippen LogP contribution in [0.3, 0.4) is 0 Å². The first-order chi connectivity index (χ1) is 8.63. The lowest BCUT2D eigenvalue weighted by atomic mass is 9.99. The van der Waals surface area contributed by atoms with E-state index in [-0.39, 0.29) is 6.10 Å². The molecule has 0 amide bonds. The van der Waals surface area contributed by atoms with Gasteiger partial charge in [0, 0.05) is 16.5 Å². The minimum Gasteiger partial charge on any atom is -0.483 e. The number of hydrogen-bond donors (Lipinski definition) is 1. The quantitative estimate of drug-likeness (QED) is 0.844. The first-order valence-corrected chi connectivity index (χ1v) is 7.37. The maximum Gasteiger partial charge on any atom is 0.153 e. The summed E-state index contributed by atoms with van der Waals surface area (Å²) in [5, 5.41) is 11.0. The van der Waals surface area contributed by atoms with E-state index in [0.717, 1.165) is 15.0 Å². The summed E-state index contributed by atoms with van der Waals surface area (Å²) in [4.78, 5) is 4.21. The van der Waals surface area contributed by atoms with Crippen LogP contribution in [0.5, 0.6) is 5.75 Å². The summed E-state index contributed by atoms with van der Waals surface area (Å²) in [5.41, 5.74) is 0.809. The van der Waals surface area contributed by atoms with E-state index < -0.39 is 6.10 Å². The Hall–Kier alpha value is -0.620. The highest BCUT2D eigenvalue weighted by molar-refractivity contribution is 9.10. The van der Waals surface area contributed by atoms with E-state index in [1.165, 1.54) is 11.3 Å². The molecule has 0 fully saturated rings. The summed E-state index contributed by atoms with van der Waals surface area (Å²) in [6, 6.07) is 5.62. The number of aromatic nitrogens is 1. The average molecular weight is 347 g/mol. The van der Waals surface area contributed by atoms with Crippen LogP contribution in [-0.4, -0.2) is 10.1 Å². The normalized spacial score (nSPS) is 22.4. The third-order valence-electron chi connectivity index (χ3n) is 2.81. The van der Waals surface area contributed by atoms with Gasteiger partial charge in [-0.3, -0.25) is 0 Å². The van der Waals surface area contributed by atoms with E-state index in [0.29, 0.717) is 16.5 Å². The minimum absolute atomic E-state index is 0.230. The summed E-state index contributed by atoms with van der Waals surface area (Å²) in [5.74, 6) is 0.702. The van der Waals surface area contributed by atoms with Gasteiger partial charge in [0.1, 0.15) is 15.1 Å². The second kappa shape index (κ2) is 4.81. The molecule has 0 aliphatic carbocycles. The number of halogens is 2. The molecule has 1 aliphatic rings. The fourth-order valence-corrected chi connectivity index (χ4v) is 3.34. The monoisotopic (exact) mass is 345 g/mol. The van der Waals surface area contributed by atoms with Crippen molar-refractivity contribution in [3.63, 3.8) is 0 Å². The van der Waals surface area contributed by atoms with E-state index in [4.69, 9.17) is 16.3 Å². The molecule has 3 nitrogen and oxygen atoms in total. The van der Waals surface area contributed by atoms with Crippen LogP contribution in [0.2, 0.25) is 4.34 Å². The van der Waals surface area contributed by atoms with Gasteiger partial charge in [0.25, 0.3) is 0 Å². The van der Waals surface area contributed by atoms with Gasteiger partial charge in [0.2, 0.25) is 0 Å². The van der Waals surface area contributed by atoms with E-state index >= 15 is 0 Å². The van der Waals surface area contributed by atoms with E-state index in [1.807, 2.05) is 18.2 Å². The topological polar surface area (TPSA) is 42.4 Å². The van der Waals surface area contributed by atoms with Crippen molar-refractivity contribution in [2.24, 2.45) is 0 Å². The molecule has 94 valence electrons. The van der Waals surface area contributed by atoms with Crippen LogP contribution in [-0.2, 0) is 0 Å². The number of hydrogen-bond acceptors (Lipinski definition) is 4. The Labute approximate surface area is 122 Å². The molecule has 2 atom stereocenters. The summed E-state index contributed by atoms with van der Waals surface area (Å²) < 4.78 is 7.42. The van der Waals surface area contributed by atoms with Gasteiger partial charge in [-0.2, -0.15) is 0 Å². The van der Waals surface area contributed by atoms with Crippen LogP contribution in [0, 0.1) is 0 Å². The molecular weight excluding hydrogens is 338 g/mol. The maximum atomic E-state index is 10.2. The number of benzene rings is 1. The first kappa shape index (κ1) is 12.4. The molecule has 18 heavy (non-hydrogen) atoms. The van der Waals surface area contributed by atoms with Gasteiger partial charge in [-0.05, 0) is 18.2 Å². The fraction of sp³-hybridized carbons (Fsp3) is 0.250. The van der Waals surface area contributed by atoms with E-state index in [2.05, 4.69) is 20.9 Å². The molecule has 0 saturated carbocycles. The van der Waals surface area contributed by atoms with Gasteiger partial charge in [0.15, 0.2) is 6.10 Å². The van der Waals surface area contributed by atoms with Crippen LogP contribution in [0.4, 0.5) is 0 Å². The highest BCUT2D eigenvalue weighted by Crippen LogP contribution is 2.42. The molecule has 1 aliphatic heterocycles. The molecule has 2 heterocycles. The molecular formula is C12H9BrClNO2S. The van der Waals surface area contributed by atoms with Crippen LogP contribution >= 0.6 is 38.9 Å². The summed E-state index contributed by atoms with van der Waals surface area (Å²) in [6.45, 7) is 0. The van der Waals surface area contributed by atoms with Crippen molar-refractivity contribution < 1.29 is 9.84 Å². The molecule has 1 N–H and O–H groups in total. The third kappa shape index (κ3) is 2.28. The zero-order valence-corrected chi connectivity index (χ0v) is 12.3. The van der Waals surface area contributed by atoms with Crippen molar-refractivity contribution in [1.29, 1.82) is 0 Å². The van der Waals surface area contributed by atoms with Crippen LogP contribution in [0.15, 0.2) is 28.9 Å². The van der Waals surface area contributed by atoms with Crippen molar-refractivity contribution in [3.05, 3.63) is 43.8 Å². The second-order valence-corrected chi connectivity index (χ2v) is 6.65. The molecule has 0 spiro atoms. The molecule has 6 heteroatoms. The number of ether oxygens (including phenoxy) is 1. The van der Waals surface area contributed by atoms with Crippen molar-refractivity contribution in [1.82, 2.24) is 4.98 Å². The van der Waals surface area contributed by atoms with Crippen molar-refractivity contribution in [2.75, 3.05) is 0 Å². The first-order valence-electron chi connectivity index (χ1n) is 5.39. The highest BCUT2D eigenvalue weighted by Gasteiger charge is 2.29. The van der Waals surface area contributed by atoms with Crippen molar-refractivity contribution >= 4 is 38.9 Å². The number of aliphatic hydroxyl groups is 1. The molecule has 3 rings (SSSR count). The van der Waals surface area contributed by atoms with Gasteiger partial charge < -0.3 is 9.84 Å². The molecule has 0 radical (unpaired) electrons. The largest absolute Gasteiger partial charge is 0.483 e. The Balaban J connectivity index is 1.94. The van der Waals surface area contributed by atoms with Crippen LogP contribution in [0.1, 0.15) is 29.2 Å². The van der Waals surface area contributed by atoms with Crippen LogP contribution in [0.25, 0.3) is 0 Å². The molecule has 1 aromatic heterocycles. The molecule has 0 saturated heterocycles.